The van der Waals surface area contributed by atoms with Gasteiger partial charge in [-0.25, -0.2) is 9.97 Å². The van der Waals surface area contributed by atoms with Gasteiger partial charge in [-0.05, 0) is 25.1 Å². The van der Waals surface area contributed by atoms with Crippen LogP contribution in [0.1, 0.15) is 5.76 Å². The highest BCUT2D eigenvalue weighted by atomic mass is 16.5. The average Bonchev–Trinajstić information content (AvgIpc) is 2.76. The second-order valence-electron chi connectivity index (χ2n) is 3.95. The van der Waals surface area contributed by atoms with E-state index in [1.807, 2.05) is 19.1 Å². The maximum Gasteiger partial charge on any atom is 0.175 e. The number of rotatable bonds is 2. The van der Waals surface area contributed by atoms with Crippen LogP contribution in [0.2, 0.25) is 0 Å². The Hall–Kier alpha value is -2.63. The summed E-state index contributed by atoms with van der Waals surface area (Å²) in [6, 6.07) is 7.27. The van der Waals surface area contributed by atoms with Crippen LogP contribution >= 0.6 is 0 Å². The van der Waals surface area contributed by atoms with Crippen molar-refractivity contribution in [2.75, 3.05) is 11.1 Å². The van der Waals surface area contributed by atoms with Gasteiger partial charge < -0.3 is 15.6 Å². The van der Waals surface area contributed by atoms with Gasteiger partial charge in [0.1, 0.15) is 17.9 Å². The monoisotopic (exact) mass is 241 g/mol. The third kappa shape index (κ3) is 1.84. The molecule has 0 unspecified atom stereocenters. The van der Waals surface area contributed by atoms with Gasteiger partial charge in [-0.2, -0.15) is 0 Å². The fraction of sp³-hybridized carbons (Fsp3) is 0.0833. The fourth-order valence-corrected chi connectivity index (χ4v) is 1.72. The maximum absolute atomic E-state index is 5.77. The Morgan fingerprint density at radius 3 is 2.89 bits per heavy atom. The fourth-order valence-electron chi connectivity index (χ4n) is 1.72. The number of anilines is 3. The minimum atomic E-state index is 0.606. The van der Waals surface area contributed by atoms with Gasteiger partial charge in [-0.1, -0.05) is 5.16 Å². The van der Waals surface area contributed by atoms with Gasteiger partial charge in [0.2, 0.25) is 0 Å². The molecule has 0 aliphatic carbocycles. The van der Waals surface area contributed by atoms with E-state index in [1.165, 1.54) is 6.33 Å². The number of nitrogens with zero attached hydrogens (tertiary/aromatic N) is 3. The first-order valence-corrected chi connectivity index (χ1v) is 5.43. The average molecular weight is 241 g/mol. The van der Waals surface area contributed by atoms with E-state index < -0.39 is 0 Å². The Labute approximate surface area is 103 Å². The van der Waals surface area contributed by atoms with Gasteiger partial charge in [0.05, 0.1) is 5.52 Å². The molecule has 18 heavy (non-hydrogen) atoms. The van der Waals surface area contributed by atoms with Crippen molar-refractivity contribution in [3.8, 4) is 0 Å². The van der Waals surface area contributed by atoms with E-state index in [2.05, 4.69) is 20.4 Å². The predicted molar refractivity (Wildman–Crippen MR) is 68.5 cm³/mol. The Kier molecular flexibility index (Phi) is 2.33. The SMILES string of the molecule is Cc1cc(Nc2ncnc3ccc(N)cc23)no1. The van der Waals surface area contributed by atoms with Gasteiger partial charge in [0.15, 0.2) is 5.82 Å². The van der Waals surface area contributed by atoms with Crippen LogP contribution in [0.25, 0.3) is 10.9 Å². The molecule has 0 bridgehead atoms. The molecule has 0 atom stereocenters. The Morgan fingerprint density at radius 1 is 1.22 bits per heavy atom. The normalized spacial score (nSPS) is 10.7. The van der Waals surface area contributed by atoms with Gasteiger partial charge in [-0.3, -0.25) is 0 Å². The van der Waals surface area contributed by atoms with Gasteiger partial charge in [-0.15, -0.1) is 0 Å². The molecule has 0 fully saturated rings. The Bertz CT molecular complexity index is 707. The molecule has 3 aromatic rings. The molecule has 3 N–H and O–H groups in total. The molecule has 1 aromatic carbocycles. The summed E-state index contributed by atoms with van der Waals surface area (Å²) >= 11 is 0. The van der Waals surface area contributed by atoms with Gasteiger partial charge in [0.25, 0.3) is 0 Å². The Balaban J connectivity index is 2.08. The molecule has 0 amide bonds. The lowest BCUT2D eigenvalue weighted by atomic mass is 10.2. The molecule has 2 aromatic heterocycles. The number of nitrogens with one attached hydrogen (secondary N) is 1. The van der Waals surface area contributed by atoms with Crippen LogP contribution in [0.3, 0.4) is 0 Å². The second kappa shape index (κ2) is 3.99. The lowest BCUT2D eigenvalue weighted by Gasteiger charge is -2.05. The molecule has 0 saturated heterocycles. The lowest BCUT2D eigenvalue weighted by Crippen LogP contribution is -1.96. The third-order valence-corrected chi connectivity index (χ3v) is 2.53. The van der Waals surface area contributed by atoms with Gasteiger partial charge >= 0.3 is 0 Å². The van der Waals surface area contributed by atoms with E-state index in [0.29, 0.717) is 17.3 Å². The molecular formula is C12H11N5O. The third-order valence-electron chi connectivity index (χ3n) is 2.53. The highest BCUT2D eigenvalue weighted by molar-refractivity contribution is 5.92. The molecule has 0 saturated carbocycles. The van der Waals surface area contributed by atoms with Crippen molar-refractivity contribution in [3.05, 3.63) is 36.4 Å². The van der Waals surface area contributed by atoms with Crippen molar-refractivity contribution in [2.24, 2.45) is 0 Å². The van der Waals surface area contributed by atoms with E-state index in [1.54, 1.807) is 12.1 Å². The van der Waals surface area contributed by atoms with Crippen molar-refractivity contribution >= 4 is 28.2 Å². The number of nitrogen functional groups attached to an aromatic ring is 1. The van der Waals surface area contributed by atoms with E-state index in [9.17, 15) is 0 Å². The first-order valence-electron chi connectivity index (χ1n) is 5.43. The van der Waals surface area contributed by atoms with E-state index in [4.69, 9.17) is 10.3 Å². The first-order chi connectivity index (χ1) is 8.72. The highest BCUT2D eigenvalue weighted by Crippen LogP contribution is 2.24. The van der Waals surface area contributed by atoms with Gasteiger partial charge in [0, 0.05) is 17.1 Å². The number of benzene rings is 1. The largest absolute Gasteiger partial charge is 0.399 e. The van der Waals surface area contributed by atoms with E-state index in [0.717, 1.165) is 16.7 Å². The van der Waals surface area contributed by atoms with E-state index in [-0.39, 0.29) is 0 Å². The number of aryl methyl sites for hydroxylation is 1. The minimum absolute atomic E-state index is 0.606. The summed E-state index contributed by atoms with van der Waals surface area (Å²) in [5, 5.41) is 7.79. The van der Waals surface area contributed by atoms with Crippen molar-refractivity contribution in [2.45, 2.75) is 6.92 Å². The molecule has 0 spiro atoms. The molecule has 6 nitrogen and oxygen atoms in total. The zero-order valence-electron chi connectivity index (χ0n) is 9.71. The topological polar surface area (TPSA) is 89.9 Å². The maximum atomic E-state index is 5.77. The number of aromatic nitrogens is 3. The summed E-state index contributed by atoms with van der Waals surface area (Å²) in [4.78, 5) is 8.37. The van der Waals surface area contributed by atoms with Crippen molar-refractivity contribution in [3.63, 3.8) is 0 Å². The lowest BCUT2D eigenvalue weighted by molar-refractivity contribution is 0.400. The quantitative estimate of drug-likeness (QED) is 0.669. The van der Waals surface area contributed by atoms with Crippen molar-refractivity contribution in [1.29, 1.82) is 0 Å². The van der Waals surface area contributed by atoms with Crippen LogP contribution in [0.5, 0.6) is 0 Å². The second-order valence-corrected chi connectivity index (χ2v) is 3.95. The molecule has 90 valence electrons. The summed E-state index contributed by atoms with van der Waals surface area (Å²) < 4.78 is 4.99. The molecule has 0 aliphatic heterocycles. The summed E-state index contributed by atoms with van der Waals surface area (Å²) in [5.74, 6) is 1.99. The number of fused-ring (bicyclic) bond motifs is 1. The van der Waals surface area contributed by atoms with Crippen LogP contribution in [0, 0.1) is 6.92 Å². The van der Waals surface area contributed by atoms with Crippen LogP contribution in [0.15, 0.2) is 35.1 Å². The van der Waals surface area contributed by atoms with Crippen molar-refractivity contribution < 1.29 is 4.52 Å². The highest BCUT2D eigenvalue weighted by Gasteiger charge is 2.06. The number of hydrogen-bond acceptors (Lipinski definition) is 6. The van der Waals surface area contributed by atoms with Crippen molar-refractivity contribution in [1.82, 2.24) is 15.1 Å². The summed E-state index contributed by atoms with van der Waals surface area (Å²) in [6.07, 6.45) is 1.49. The standard InChI is InChI=1S/C12H11N5O/c1-7-4-11(17-18-7)16-12-9-5-8(13)2-3-10(9)14-6-15-12/h2-6H,13H2,1H3,(H,14,15,16,17). The molecular weight excluding hydrogens is 230 g/mol. The molecule has 0 radical (unpaired) electrons. The number of hydrogen-bond donors (Lipinski definition) is 2. The number of nitrogens with two attached hydrogens (primary N) is 1. The van der Waals surface area contributed by atoms with Crippen LogP contribution in [0.4, 0.5) is 17.3 Å². The van der Waals surface area contributed by atoms with E-state index >= 15 is 0 Å². The smallest absolute Gasteiger partial charge is 0.175 e. The summed E-state index contributed by atoms with van der Waals surface area (Å²) in [7, 11) is 0. The van der Waals surface area contributed by atoms with Crippen LogP contribution in [-0.4, -0.2) is 15.1 Å². The van der Waals surface area contributed by atoms with Crippen LogP contribution < -0.4 is 11.1 Å². The summed E-state index contributed by atoms with van der Waals surface area (Å²) in [5.41, 5.74) is 7.26. The first kappa shape index (κ1) is 10.5. The zero-order chi connectivity index (χ0) is 12.5. The molecule has 0 aliphatic rings. The summed E-state index contributed by atoms with van der Waals surface area (Å²) in [6.45, 7) is 1.83. The zero-order valence-corrected chi connectivity index (χ0v) is 9.71. The predicted octanol–water partition coefficient (Wildman–Crippen LogP) is 2.25. The minimum Gasteiger partial charge on any atom is -0.399 e. The molecule has 3 rings (SSSR count). The molecule has 6 heteroatoms. The molecule has 2 heterocycles. The van der Waals surface area contributed by atoms with Crippen LogP contribution in [-0.2, 0) is 0 Å². The Morgan fingerprint density at radius 2 is 2.11 bits per heavy atom.